The first-order valence-electron chi connectivity index (χ1n) is 7.40. The van der Waals surface area contributed by atoms with Gasteiger partial charge in [0.1, 0.15) is 0 Å². The van der Waals surface area contributed by atoms with Crippen molar-refractivity contribution in [3.8, 4) is 0 Å². The molecule has 0 radical (unpaired) electrons. The van der Waals surface area contributed by atoms with E-state index in [2.05, 4.69) is 39.2 Å². The quantitative estimate of drug-likeness (QED) is 0.895. The first-order valence-corrected chi connectivity index (χ1v) is 7.40. The number of fused-ring (bicyclic) bond motifs is 1. The maximum absolute atomic E-state index is 4.59. The molecule has 1 aromatic heterocycles. The van der Waals surface area contributed by atoms with Crippen LogP contribution in [0.25, 0.3) is 0 Å². The molecule has 0 aromatic carbocycles. The third-order valence-electron chi connectivity index (χ3n) is 4.60. The molecule has 2 saturated heterocycles. The molecule has 0 saturated carbocycles. The summed E-state index contributed by atoms with van der Waals surface area (Å²) in [6.45, 7) is 6.95. The van der Waals surface area contributed by atoms with E-state index in [4.69, 9.17) is 0 Å². The van der Waals surface area contributed by atoms with E-state index in [0.717, 1.165) is 18.3 Å². The van der Waals surface area contributed by atoms with Crippen molar-refractivity contribution in [2.75, 3.05) is 38.1 Å². The number of nitrogens with one attached hydrogen (secondary N) is 1. The highest BCUT2D eigenvalue weighted by molar-refractivity contribution is 5.45. The topological polar surface area (TPSA) is 31.4 Å². The fourth-order valence-electron chi connectivity index (χ4n) is 3.21. The molecule has 0 bridgehead atoms. The zero-order chi connectivity index (χ0) is 13.2. The molecule has 1 N–H and O–H groups in total. The maximum Gasteiger partial charge on any atom is 0.0571 e. The third-order valence-corrected chi connectivity index (χ3v) is 4.60. The van der Waals surface area contributed by atoms with Crippen molar-refractivity contribution in [1.82, 2.24) is 15.2 Å². The van der Waals surface area contributed by atoms with Gasteiger partial charge in [-0.1, -0.05) is 0 Å². The summed E-state index contributed by atoms with van der Waals surface area (Å²) in [6.07, 6.45) is 4.77. The van der Waals surface area contributed by atoms with Crippen LogP contribution in [0.3, 0.4) is 0 Å². The summed E-state index contributed by atoms with van der Waals surface area (Å²) in [7, 11) is 1.97. The van der Waals surface area contributed by atoms with Gasteiger partial charge in [-0.15, -0.1) is 0 Å². The van der Waals surface area contributed by atoms with E-state index in [9.17, 15) is 0 Å². The number of pyridine rings is 1. The third kappa shape index (κ3) is 2.60. The average molecular weight is 260 g/mol. The fraction of sp³-hybridized carbons (Fsp3) is 0.667. The summed E-state index contributed by atoms with van der Waals surface area (Å²) in [5.74, 6) is 0. The van der Waals surface area contributed by atoms with Crippen molar-refractivity contribution >= 4 is 5.69 Å². The molecule has 2 aliphatic rings. The summed E-state index contributed by atoms with van der Waals surface area (Å²) < 4.78 is 0. The SMILES string of the molecule is CNC(C)c1ccc(N2CCN3CCCC3C2)cn1. The molecule has 104 valence electrons. The fourth-order valence-corrected chi connectivity index (χ4v) is 3.21. The number of rotatable bonds is 3. The highest BCUT2D eigenvalue weighted by atomic mass is 15.3. The van der Waals surface area contributed by atoms with E-state index in [1.54, 1.807) is 0 Å². The predicted octanol–water partition coefficient (Wildman–Crippen LogP) is 1.65. The summed E-state index contributed by atoms with van der Waals surface area (Å²) in [4.78, 5) is 9.73. The first kappa shape index (κ1) is 12.9. The van der Waals surface area contributed by atoms with E-state index in [1.165, 1.54) is 38.2 Å². The molecule has 4 heteroatoms. The van der Waals surface area contributed by atoms with Crippen molar-refractivity contribution in [2.45, 2.75) is 31.8 Å². The van der Waals surface area contributed by atoms with Crippen LogP contribution in [0.15, 0.2) is 18.3 Å². The standard InChI is InChI=1S/C15H24N4/c1-12(16-2)15-6-5-13(10-17-15)19-9-8-18-7-3-4-14(18)11-19/h5-6,10,12,14,16H,3-4,7-9,11H2,1-2H3. The maximum atomic E-state index is 4.59. The lowest BCUT2D eigenvalue weighted by atomic mass is 10.1. The van der Waals surface area contributed by atoms with Gasteiger partial charge in [0.25, 0.3) is 0 Å². The zero-order valence-corrected chi connectivity index (χ0v) is 12.0. The van der Waals surface area contributed by atoms with Crippen molar-refractivity contribution in [3.63, 3.8) is 0 Å². The summed E-state index contributed by atoms with van der Waals surface area (Å²) in [6, 6.07) is 5.46. The summed E-state index contributed by atoms with van der Waals surface area (Å²) >= 11 is 0. The highest BCUT2D eigenvalue weighted by Gasteiger charge is 2.30. The summed E-state index contributed by atoms with van der Waals surface area (Å²) in [5.41, 5.74) is 2.39. The van der Waals surface area contributed by atoms with Gasteiger partial charge in [0, 0.05) is 31.7 Å². The Bertz CT molecular complexity index is 417. The molecule has 0 spiro atoms. The molecule has 1 aromatic rings. The van der Waals surface area contributed by atoms with Crippen LogP contribution in [0.5, 0.6) is 0 Å². The summed E-state index contributed by atoms with van der Waals surface area (Å²) in [5, 5.41) is 3.23. The van der Waals surface area contributed by atoms with Crippen LogP contribution in [0.2, 0.25) is 0 Å². The normalized spacial score (nSPS) is 25.4. The molecular weight excluding hydrogens is 236 g/mol. The molecular formula is C15H24N4. The van der Waals surface area contributed by atoms with Gasteiger partial charge in [0.15, 0.2) is 0 Å². The molecule has 3 heterocycles. The Morgan fingerprint density at radius 3 is 2.95 bits per heavy atom. The van der Waals surface area contributed by atoms with E-state index >= 15 is 0 Å². The van der Waals surface area contributed by atoms with Crippen LogP contribution in [0.1, 0.15) is 31.5 Å². The molecule has 2 fully saturated rings. The Kier molecular flexibility index (Phi) is 3.71. The Balaban J connectivity index is 1.69. The average Bonchev–Trinajstić information content (AvgIpc) is 2.94. The largest absolute Gasteiger partial charge is 0.367 e. The molecule has 4 nitrogen and oxygen atoms in total. The molecule has 2 atom stereocenters. The minimum atomic E-state index is 0.320. The molecule has 19 heavy (non-hydrogen) atoms. The lowest BCUT2D eigenvalue weighted by Gasteiger charge is -2.38. The first-order chi connectivity index (χ1) is 9.28. The van der Waals surface area contributed by atoms with Gasteiger partial charge in [-0.25, -0.2) is 0 Å². The smallest absolute Gasteiger partial charge is 0.0571 e. The Hall–Kier alpha value is -1.13. The second-order valence-corrected chi connectivity index (χ2v) is 5.73. The van der Waals surface area contributed by atoms with Crippen LogP contribution in [-0.2, 0) is 0 Å². The second kappa shape index (κ2) is 5.47. The van der Waals surface area contributed by atoms with Gasteiger partial charge in [-0.05, 0) is 45.5 Å². The van der Waals surface area contributed by atoms with Crippen LogP contribution < -0.4 is 10.2 Å². The number of hydrogen-bond donors (Lipinski definition) is 1. The molecule has 2 aliphatic heterocycles. The van der Waals surface area contributed by atoms with E-state index in [-0.39, 0.29) is 0 Å². The number of hydrogen-bond acceptors (Lipinski definition) is 4. The number of nitrogens with zero attached hydrogens (tertiary/aromatic N) is 3. The van der Waals surface area contributed by atoms with Gasteiger partial charge in [-0.3, -0.25) is 9.88 Å². The molecule has 3 rings (SSSR count). The van der Waals surface area contributed by atoms with Gasteiger partial charge in [0.05, 0.1) is 17.6 Å². The zero-order valence-electron chi connectivity index (χ0n) is 12.0. The predicted molar refractivity (Wildman–Crippen MR) is 78.5 cm³/mol. The lowest BCUT2D eigenvalue weighted by Crippen LogP contribution is -2.50. The van der Waals surface area contributed by atoms with Gasteiger partial charge < -0.3 is 10.2 Å². The lowest BCUT2D eigenvalue weighted by molar-refractivity contribution is 0.231. The van der Waals surface area contributed by atoms with Crippen molar-refractivity contribution in [3.05, 3.63) is 24.0 Å². The van der Waals surface area contributed by atoms with Crippen LogP contribution in [0, 0.1) is 0 Å². The number of aromatic nitrogens is 1. The van der Waals surface area contributed by atoms with Crippen molar-refractivity contribution in [1.29, 1.82) is 0 Å². The number of piperazine rings is 1. The van der Waals surface area contributed by atoms with Crippen LogP contribution in [-0.4, -0.2) is 49.2 Å². The monoisotopic (exact) mass is 260 g/mol. The molecule has 2 unspecified atom stereocenters. The molecule has 0 aliphatic carbocycles. The minimum Gasteiger partial charge on any atom is -0.367 e. The van der Waals surface area contributed by atoms with E-state index < -0.39 is 0 Å². The van der Waals surface area contributed by atoms with Gasteiger partial charge in [-0.2, -0.15) is 0 Å². The van der Waals surface area contributed by atoms with Crippen molar-refractivity contribution < 1.29 is 0 Å². The van der Waals surface area contributed by atoms with Crippen molar-refractivity contribution in [2.24, 2.45) is 0 Å². The van der Waals surface area contributed by atoms with Crippen LogP contribution in [0.4, 0.5) is 5.69 Å². The highest BCUT2D eigenvalue weighted by Crippen LogP contribution is 2.25. The van der Waals surface area contributed by atoms with Crippen LogP contribution >= 0.6 is 0 Å². The van der Waals surface area contributed by atoms with Gasteiger partial charge in [0.2, 0.25) is 0 Å². The molecule has 0 amide bonds. The Labute approximate surface area is 115 Å². The Morgan fingerprint density at radius 2 is 2.21 bits per heavy atom. The van der Waals surface area contributed by atoms with Gasteiger partial charge >= 0.3 is 0 Å². The van der Waals surface area contributed by atoms with E-state index in [0.29, 0.717) is 6.04 Å². The van der Waals surface area contributed by atoms with E-state index in [1.807, 2.05) is 13.2 Å². The minimum absolute atomic E-state index is 0.320. The number of anilines is 1. The second-order valence-electron chi connectivity index (χ2n) is 5.73. The Morgan fingerprint density at radius 1 is 1.32 bits per heavy atom.